The van der Waals surface area contributed by atoms with Crippen molar-refractivity contribution in [3.8, 4) is 0 Å². The number of amides is 2. The van der Waals surface area contributed by atoms with Crippen LogP contribution in [0, 0.1) is 19.8 Å². The van der Waals surface area contributed by atoms with E-state index in [1.54, 1.807) is 25.6 Å². The van der Waals surface area contributed by atoms with Crippen LogP contribution in [0.1, 0.15) is 50.4 Å². The summed E-state index contributed by atoms with van der Waals surface area (Å²) >= 11 is 0. The molecule has 1 aliphatic heterocycles. The zero-order valence-corrected chi connectivity index (χ0v) is 16.4. The number of anilines is 1. The summed E-state index contributed by atoms with van der Waals surface area (Å²) in [6.07, 6.45) is 3.52. The Morgan fingerprint density at radius 2 is 1.93 bits per heavy atom. The van der Waals surface area contributed by atoms with Gasteiger partial charge in [-0.3, -0.25) is 19.1 Å². The molecular formula is C19H28N4O4. The summed E-state index contributed by atoms with van der Waals surface area (Å²) in [4.78, 5) is 38.9. The molecule has 1 aromatic rings. The lowest BCUT2D eigenvalue weighted by Gasteiger charge is -2.24. The largest absolute Gasteiger partial charge is 0.452 e. The van der Waals surface area contributed by atoms with Crippen LogP contribution in [-0.4, -0.2) is 51.2 Å². The molecule has 8 nitrogen and oxygen atoms in total. The lowest BCUT2D eigenvalue weighted by molar-refractivity contribution is -0.157. The number of nitrogens with one attached hydrogen (secondary N) is 1. The average molecular weight is 376 g/mol. The molecule has 1 aromatic heterocycles. The van der Waals surface area contributed by atoms with Crippen LogP contribution in [0.5, 0.6) is 0 Å². The Labute approximate surface area is 159 Å². The number of rotatable bonds is 5. The lowest BCUT2D eigenvalue weighted by Crippen LogP contribution is -2.36. The van der Waals surface area contributed by atoms with Crippen molar-refractivity contribution < 1.29 is 19.1 Å². The molecule has 0 spiro atoms. The van der Waals surface area contributed by atoms with Gasteiger partial charge in [0.1, 0.15) is 0 Å². The Bertz CT molecular complexity index is 751. The highest BCUT2D eigenvalue weighted by Crippen LogP contribution is 2.30. The van der Waals surface area contributed by atoms with Gasteiger partial charge in [-0.05, 0) is 33.6 Å². The highest BCUT2D eigenvalue weighted by atomic mass is 16.5. The fraction of sp³-hybridized carbons (Fsp3) is 0.684. The molecule has 0 bridgehead atoms. The number of aromatic nitrogens is 2. The van der Waals surface area contributed by atoms with Crippen molar-refractivity contribution in [2.45, 2.75) is 65.0 Å². The van der Waals surface area contributed by atoms with Crippen LogP contribution in [-0.2, 0) is 26.2 Å². The Balaban J connectivity index is 1.55. The number of aryl methyl sites for hydroxylation is 2. The number of hydrogen-bond donors (Lipinski definition) is 1. The van der Waals surface area contributed by atoms with Gasteiger partial charge in [0.25, 0.3) is 5.91 Å². The van der Waals surface area contributed by atoms with Crippen molar-refractivity contribution in [2.75, 3.05) is 11.9 Å². The summed E-state index contributed by atoms with van der Waals surface area (Å²) < 4.78 is 7.04. The Morgan fingerprint density at radius 3 is 2.52 bits per heavy atom. The van der Waals surface area contributed by atoms with Gasteiger partial charge in [-0.1, -0.05) is 12.8 Å². The minimum absolute atomic E-state index is 0.0163. The molecule has 1 aliphatic carbocycles. The summed E-state index contributed by atoms with van der Waals surface area (Å²) in [6, 6.07) is 0.257. The maximum atomic E-state index is 12.5. The van der Waals surface area contributed by atoms with Crippen molar-refractivity contribution in [3.05, 3.63) is 11.4 Å². The van der Waals surface area contributed by atoms with Crippen LogP contribution >= 0.6 is 0 Å². The van der Waals surface area contributed by atoms with Gasteiger partial charge < -0.3 is 15.0 Å². The maximum Gasteiger partial charge on any atom is 0.312 e. The zero-order chi connectivity index (χ0) is 19.7. The number of likely N-dealkylation sites (tertiary alicyclic amines) is 1. The second-order valence-electron chi connectivity index (χ2n) is 7.62. The normalized spacial score (nSPS) is 21.6. The van der Waals surface area contributed by atoms with Crippen molar-refractivity contribution in [2.24, 2.45) is 13.0 Å². The fourth-order valence-electron chi connectivity index (χ4n) is 3.96. The van der Waals surface area contributed by atoms with E-state index in [4.69, 9.17) is 4.74 Å². The summed E-state index contributed by atoms with van der Waals surface area (Å²) in [6.45, 7) is 5.60. The van der Waals surface area contributed by atoms with Crippen LogP contribution < -0.4 is 5.32 Å². The van der Waals surface area contributed by atoms with Crippen molar-refractivity contribution >= 4 is 23.5 Å². The first-order valence-corrected chi connectivity index (χ1v) is 9.59. The molecule has 8 heteroatoms. The predicted octanol–water partition coefficient (Wildman–Crippen LogP) is 1.70. The van der Waals surface area contributed by atoms with E-state index in [1.165, 1.54) is 0 Å². The van der Waals surface area contributed by atoms with Gasteiger partial charge in [0.05, 0.1) is 23.0 Å². The van der Waals surface area contributed by atoms with E-state index in [9.17, 15) is 14.4 Å². The first-order valence-electron chi connectivity index (χ1n) is 9.59. The highest BCUT2D eigenvalue weighted by Gasteiger charge is 2.40. The van der Waals surface area contributed by atoms with E-state index in [0.717, 1.165) is 31.4 Å². The molecule has 1 saturated heterocycles. The third kappa shape index (κ3) is 3.99. The van der Waals surface area contributed by atoms with Crippen molar-refractivity contribution in [3.63, 3.8) is 0 Å². The van der Waals surface area contributed by atoms with Gasteiger partial charge in [-0.2, -0.15) is 5.10 Å². The molecule has 2 heterocycles. The number of ether oxygens (including phenoxy) is 1. The third-order valence-corrected chi connectivity index (χ3v) is 5.68. The van der Waals surface area contributed by atoms with Crippen LogP contribution in [0.4, 0.5) is 5.69 Å². The van der Waals surface area contributed by atoms with Gasteiger partial charge in [0.15, 0.2) is 6.10 Å². The van der Waals surface area contributed by atoms with Crippen LogP contribution in [0.3, 0.4) is 0 Å². The average Bonchev–Trinajstić information content (AvgIpc) is 3.31. The number of esters is 1. The SMILES string of the molecule is Cc1nn(C)c(C)c1NC(=O)[C@H](C)OC(=O)[C@@H]1CC(=O)N(C2CCCC2)C1. The van der Waals surface area contributed by atoms with Crippen LogP contribution in [0.25, 0.3) is 0 Å². The second-order valence-corrected chi connectivity index (χ2v) is 7.62. The molecule has 1 saturated carbocycles. The predicted molar refractivity (Wildman–Crippen MR) is 98.9 cm³/mol. The topological polar surface area (TPSA) is 93.5 Å². The monoisotopic (exact) mass is 376 g/mol. The summed E-state index contributed by atoms with van der Waals surface area (Å²) in [5.41, 5.74) is 2.16. The van der Waals surface area contributed by atoms with E-state index in [-0.39, 0.29) is 18.4 Å². The van der Waals surface area contributed by atoms with E-state index in [2.05, 4.69) is 10.4 Å². The minimum Gasteiger partial charge on any atom is -0.452 e. The molecule has 2 amide bonds. The lowest BCUT2D eigenvalue weighted by atomic mass is 10.1. The van der Waals surface area contributed by atoms with E-state index in [0.29, 0.717) is 17.9 Å². The molecule has 2 aliphatic rings. The number of hydrogen-bond acceptors (Lipinski definition) is 5. The molecule has 0 radical (unpaired) electrons. The number of nitrogens with zero attached hydrogens (tertiary/aromatic N) is 3. The number of carbonyl (C=O) groups is 3. The highest BCUT2D eigenvalue weighted by molar-refractivity contribution is 5.96. The maximum absolute atomic E-state index is 12.5. The minimum atomic E-state index is -0.938. The Morgan fingerprint density at radius 1 is 1.26 bits per heavy atom. The van der Waals surface area contributed by atoms with Gasteiger partial charge in [0.2, 0.25) is 5.91 Å². The van der Waals surface area contributed by atoms with E-state index >= 15 is 0 Å². The van der Waals surface area contributed by atoms with Crippen molar-refractivity contribution in [1.82, 2.24) is 14.7 Å². The van der Waals surface area contributed by atoms with Gasteiger partial charge in [0, 0.05) is 26.1 Å². The van der Waals surface area contributed by atoms with Crippen LogP contribution in [0.15, 0.2) is 0 Å². The summed E-state index contributed by atoms with van der Waals surface area (Å²) in [5.74, 6) is -1.36. The summed E-state index contributed by atoms with van der Waals surface area (Å²) in [5, 5.41) is 7.03. The second kappa shape index (κ2) is 7.70. The molecule has 3 rings (SSSR count). The molecule has 148 valence electrons. The molecule has 0 unspecified atom stereocenters. The standard InChI is InChI=1S/C19H28N4O4/c1-11-17(12(2)22(4)21-11)20-18(25)13(3)27-19(26)14-9-16(24)23(10-14)15-7-5-6-8-15/h13-15H,5-10H2,1-4H3,(H,20,25)/t13-,14+/m0/s1. The van der Waals surface area contributed by atoms with Crippen molar-refractivity contribution in [1.29, 1.82) is 0 Å². The van der Waals surface area contributed by atoms with Gasteiger partial charge in [-0.15, -0.1) is 0 Å². The molecule has 27 heavy (non-hydrogen) atoms. The number of carbonyl (C=O) groups excluding carboxylic acids is 3. The fourth-order valence-corrected chi connectivity index (χ4v) is 3.96. The van der Waals surface area contributed by atoms with Gasteiger partial charge in [-0.25, -0.2) is 0 Å². The van der Waals surface area contributed by atoms with Crippen LogP contribution in [0.2, 0.25) is 0 Å². The molecular weight excluding hydrogens is 348 g/mol. The zero-order valence-electron chi connectivity index (χ0n) is 16.4. The van der Waals surface area contributed by atoms with Gasteiger partial charge >= 0.3 is 5.97 Å². The quantitative estimate of drug-likeness (QED) is 0.790. The first kappa shape index (κ1) is 19.4. The first-order chi connectivity index (χ1) is 12.8. The molecule has 2 fully saturated rings. The Hall–Kier alpha value is -2.38. The van der Waals surface area contributed by atoms with E-state index < -0.39 is 23.9 Å². The molecule has 2 atom stereocenters. The molecule has 0 aromatic carbocycles. The Kier molecular flexibility index (Phi) is 5.53. The summed E-state index contributed by atoms with van der Waals surface area (Å²) in [7, 11) is 1.80. The molecule has 1 N–H and O–H groups in total. The third-order valence-electron chi connectivity index (χ3n) is 5.68. The van der Waals surface area contributed by atoms with E-state index in [1.807, 2.05) is 11.8 Å². The smallest absolute Gasteiger partial charge is 0.312 e.